The average Bonchev–Trinajstić information content (AvgIpc) is 2.62. The Labute approximate surface area is 154 Å². The molecule has 0 aromatic heterocycles. The summed E-state index contributed by atoms with van der Waals surface area (Å²) in [4.78, 5) is 12.9. The van der Waals surface area contributed by atoms with Crippen molar-refractivity contribution in [1.29, 1.82) is 0 Å². The van der Waals surface area contributed by atoms with E-state index in [9.17, 15) is 18.9 Å². The van der Waals surface area contributed by atoms with Gasteiger partial charge in [-0.05, 0) is 36.6 Å². The molecule has 2 aromatic carbocycles. The summed E-state index contributed by atoms with van der Waals surface area (Å²) in [5, 5.41) is 11.5. The summed E-state index contributed by atoms with van der Waals surface area (Å²) >= 11 is 0. The minimum absolute atomic E-state index is 0.0145. The van der Waals surface area contributed by atoms with Crippen LogP contribution >= 0.6 is 0 Å². The van der Waals surface area contributed by atoms with Gasteiger partial charge in [-0.15, -0.1) is 0 Å². The van der Waals surface area contributed by atoms with Crippen molar-refractivity contribution in [3.63, 3.8) is 0 Å². The smallest absolute Gasteiger partial charge is 0.387 e. The molecule has 2 N–H and O–H groups in total. The van der Waals surface area contributed by atoms with Gasteiger partial charge in [0.2, 0.25) is 0 Å². The molecule has 3 rings (SSSR count). The van der Waals surface area contributed by atoms with Crippen molar-refractivity contribution in [3.05, 3.63) is 51.6 Å². The number of fused-ring (bicyclic) bond motifs is 1. The van der Waals surface area contributed by atoms with Crippen LogP contribution in [-0.2, 0) is 13.0 Å². The van der Waals surface area contributed by atoms with Gasteiger partial charge in [-0.25, -0.2) is 0 Å². The standard InChI is InChI=1S/C18H19F2N3O4/c1-26-16-8-11(15(23(24)25)9-17(16)27-18(19)20)10-22-7-3-4-12-13(21)5-2-6-14(12)22/h2,5-6,8-9,18H,3-4,7,10,21H2,1H3. The Hall–Kier alpha value is -3.10. The summed E-state index contributed by atoms with van der Waals surface area (Å²) in [5.41, 5.74) is 8.70. The molecule has 27 heavy (non-hydrogen) atoms. The lowest BCUT2D eigenvalue weighted by Crippen LogP contribution is -2.29. The van der Waals surface area contributed by atoms with Crippen molar-refractivity contribution >= 4 is 17.1 Å². The van der Waals surface area contributed by atoms with Gasteiger partial charge in [-0.1, -0.05) is 6.07 Å². The molecule has 0 aliphatic carbocycles. The van der Waals surface area contributed by atoms with E-state index in [1.807, 2.05) is 23.1 Å². The molecular weight excluding hydrogens is 360 g/mol. The van der Waals surface area contributed by atoms with E-state index < -0.39 is 11.5 Å². The zero-order valence-corrected chi connectivity index (χ0v) is 14.7. The molecule has 0 atom stereocenters. The van der Waals surface area contributed by atoms with Crippen LogP contribution in [0.4, 0.5) is 25.8 Å². The predicted octanol–water partition coefficient (Wildman–Crippen LogP) is 3.74. The number of nitrogen functional groups attached to an aromatic ring is 1. The first kappa shape index (κ1) is 18.7. The average molecular weight is 379 g/mol. The topological polar surface area (TPSA) is 90.9 Å². The van der Waals surface area contributed by atoms with Crippen LogP contribution in [0.25, 0.3) is 0 Å². The van der Waals surface area contributed by atoms with Crippen molar-refractivity contribution in [1.82, 2.24) is 0 Å². The third-order valence-electron chi connectivity index (χ3n) is 4.52. The second-order valence-corrected chi connectivity index (χ2v) is 6.14. The zero-order chi connectivity index (χ0) is 19.6. The van der Waals surface area contributed by atoms with Gasteiger partial charge in [0.05, 0.1) is 23.7 Å². The quantitative estimate of drug-likeness (QED) is 0.467. The van der Waals surface area contributed by atoms with Gasteiger partial charge in [0, 0.05) is 24.5 Å². The van der Waals surface area contributed by atoms with Gasteiger partial charge >= 0.3 is 6.61 Å². The third-order valence-corrected chi connectivity index (χ3v) is 4.52. The molecule has 1 aliphatic heterocycles. The van der Waals surface area contributed by atoms with E-state index in [-0.39, 0.29) is 23.7 Å². The number of benzene rings is 2. The van der Waals surface area contributed by atoms with Crippen molar-refractivity contribution < 1.29 is 23.2 Å². The number of nitro benzene ring substituents is 1. The van der Waals surface area contributed by atoms with Crippen LogP contribution in [-0.4, -0.2) is 25.2 Å². The molecule has 0 spiro atoms. The maximum absolute atomic E-state index is 12.6. The molecule has 9 heteroatoms. The Kier molecular flexibility index (Phi) is 5.29. The number of nitrogens with zero attached hydrogens (tertiary/aromatic N) is 2. The summed E-state index contributed by atoms with van der Waals surface area (Å²) < 4.78 is 34.6. The molecule has 0 amide bonds. The van der Waals surface area contributed by atoms with E-state index in [1.54, 1.807) is 0 Å². The SMILES string of the molecule is COc1cc(CN2CCCc3c(N)cccc32)c([N+](=O)[O-])cc1OC(F)F. The molecule has 0 radical (unpaired) electrons. The Balaban J connectivity index is 2.00. The fourth-order valence-corrected chi connectivity index (χ4v) is 3.33. The number of alkyl halides is 2. The number of rotatable bonds is 6. The van der Waals surface area contributed by atoms with Gasteiger partial charge in [0.25, 0.3) is 5.69 Å². The van der Waals surface area contributed by atoms with E-state index in [0.717, 1.165) is 30.2 Å². The number of hydrogen-bond acceptors (Lipinski definition) is 6. The van der Waals surface area contributed by atoms with Gasteiger partial charge in [0.15, 0.2) is 11.5 Å². The minimum Gasteiger partial charge on any atom is -0.493 e. The number of halogens is 2. The molecule has 7 nitrogen and oxygen atoms in total. The highest BCUT2D eigenvalue weighted by Gasteiger charge is 2.25. The molecule has 0 bridgehead atoms. The van der Waals surface area contributed by atoms with Crippen molar-refractivity contribution in [2.45, 2.75) is 26.0 Å². The van der Waals surface area contributed by atoms with Gasteiger partial charge in [-0.3, -0.25) is 10.1 Å². The first-order valence-electron chi connectivity index (χ1n) is 8.33. The normalized spacial score (nSPS) is 13.4. The number of nitrogens with two attached hydrogens (primary N) is 1. The summed E-state index contributed by atoms with van der Waals surface area (Å²) in [7, 11) is 1.29. The monoisotopic (exact) mass is 379 g/mol. The second-order valence-electron chi connectivity index (χ2n) is 6.14. The molecular formula is C18H19F2N3O4. The Bertz CT molecular complexity index is 861. The van der Waals surface area contributed by atoms with Crippen LogP contribution < -0.4 is 20.1 Å². The van der Waals surface area contributed by atoms with Crippen LogP contribution in [0.1, 0.15) is 17.5 Å². The first-order valence-corrected chi connectivity index (χ1v) is 8.33. The highest BCUT2D eigenvalue weighted by Crippen LogP contribution is 2.38. The van der Waals surface area contributed by atoms with Crippen LogP contribution in [0.2, 0.25) is 0 Å². The number of ether oxygens (including phenoxy) is 2. The predicted molar refractivity (Wildman–Crippen MR) is 96.5 cm³/mol. The Morgan fingerprint density at radius 1 is 1.33 bits per heavy atom. The molecule has 1 heterocycles. The number of methoxy groups -OCH3 is 1. The third kappa shape index (κ3) is 3.86. The van der Waals surface area contributed by atoms with Gasteiger partial charge < -0.3 is 20.1 Å². The van der Waals surface area contributed by atoms with E-state index in [4.69, 9.17) is 10.5 Å². The highest BCUT2D eigenvalue weighted by atomic mass is 19.3. The first-order chi connectivity index (χ1) is 12.9. The van der Waals surface area contributed by atoms with Crippen LogP contribution in [0.15, 0.2) is 30.3 Å². The Morgan fingerprint density at radius 3 is 2.78 bits per heavy atom. The lowest BCUT2D eigenvalue weighted by atomic mass is 9.99. The van der Waals surface area contributed by atoms with Crippen LogP contribution in [0.3, 0.4) is 0 Å². The number of anilines is 2. The van der Waals surface area contributed by atoms with Gasteiger partial charge in [-0.2, -0.15) is 8.78 Å². The minimum atomic E-state index is -3.11. The van der Waals surface area contributed by atoms with E-state index in [2.05, 4.69) is 4.74 Å². The van der Waals surface area contributed by atoms with Crippen molar-refractivity contribution in [3.8, 4) is 11.5 Å². The van der Waals surface area contributed by atoms with Crippen LogP contribution in [0, 0.1) is 10.1 Å². The lowest BCUT2D eigenvalue weighted by molar-refractivity contribution is -0.385. The highest BCUT2D eigenvalue weighted by molar-refractivity contribution is 5.67. The molecule has 2 aromatic rings. The largest absolute Gasteiger partial charge is 0.493 e. The molecule has 0 saturated heterocycles. The second kappa shape index (κ2) is 7.65. The lowest BCUT2D eigenvalue weighted by Gasteiger charge is -2.32. The maximum atomic E-state index is 12.6. The van der Waals surface area contributed by atoms with E-state index >= 15 is 0 Å². The number of nitro groups is 1. The molecule has 0 unspecified atom stereocenters. The van der Waals surface area contributed by atoms with Gasteiger partial charge in [0.1, 0.15) is 0 Å². The molecule has 0 fully saturated rings. The summed E-state index contributed by atoms with van der Waals surface area (Å²) in [5.74, 6) is -0.355. The molecule has 144 valence electrons. The summed E-state index contributed by atoms with van der Waals surface area (Å²) in [6.07, 6.45) is 1.70. The van der Waals surface area contributed by atoms with E-state index in [0.29, 0.717) is 17.8 Å². The maximum Gasteiger partial charge on any atom is 0.387 e. The van der Waals surface area contributed by atoms with Crippen LogP contribution in [0.5, 0.6) is 11.5 Å². The summed E-state index contributed by atoms with van der Waals surface area (Å²) in [6, 6.07) is 7.93. The van der Waals surface area contributed by atoms with Crippen molar-refractivity contribution in [2.24, 2.45) is 0 Å². The van der Waals surface area contributed by atoms with Crippen molar-refractivity contribution in [2.75, 3.05) is 24.3 Å². The number of hydrogen-bond donors (Lipinski definition) is 1. The molecule has 0 saturated carbocycles. The fraction of sp³-hybridized carbons (Fsp3) is 0.333. The zero-order valence-electron chi connectivity index (χ0n) is 14.7. The fourth-order valence-electron chi connectivity index (χ4n) is 3.33. The van der Waals surface area contributed by atoms with E-state index in [1.165, 1.54) is 13.2 Å². The molecule has 1 aliphatic rings. The summed E-state index contributed by atoms with van der Waals surface area (Å²) in [6.45, 7) is -2.19. The Morgan fingerprint density at radius 2 is 2.11 bits per heavy atom.